The summed E-state index contributed by atoms with van der Waals surface area (Å²) in [6.45, 7) is 3.87. The van der Waals surface area contributed by atoms with E-state index in [1.165, 1.54) is 0 Å². The van der Waals surface area contributed by atoms with Gasteiger partial charge in [0.15, 0.2) is 5.78 Å². The van der Waals surface area contributed by atoms with Crippen molar-refractivity contribution in [3.8, 4) is 0 Å². The Balaban J connectivity index is 1.97. The number of benzene rings is 2. The second-order valence-electron chi connectivity index (χ2n) is 8.22. The van der Waals surface area contributed by atoms with Gasteiger partial charge in [-0.15, -0.1) is 0 Å². The molecule has 2 aromatic rings. The molecule has 0 N–H and O–H groups in total. The Hall–Kier alpha value is -2.07. The average Bonchev–Trinajstić information content (AvgIpc) is 2.60. The molecule has 0 heterocycles. The quantitative estimate of drug-likeness (QED) is 0.486. The van der Waals surface area contributed by atoms with E-state index >= 15 is 0 Å². The van der Waals surface area contributed by atoms with E-state index in [1.54, 1.807) is 24.3 Å². The minimum atomic E-state index is -1.26. The van der Waals surface area contributed by atoms with E-state index < -0.39 is 5.41 Å². The Labute approximate surface area is 168 Å². The van der Waals surface area contributed by atoms with E-state index in [1.807, 2.05) is 44.2 Å². The first kappa shape index (κ1) is 19.7. The van der Waals surface area contributed by atoms with Crippen molar-refractivity contribution in [2.45, 2.75) is 39.5 Å². The van der Waals surface area contributed by atoms with Crippen LogP contribution in [0.3, 0.4) is 0 Å². The van der Waals surface area contributed by atoms with Gasteiger partial charge >= 0.3 is 0 Å². The summed E-state index contributed by atoms with van der Waals surface area (Å²) in [7, 11) is 0. The maximum Gasteiger partial charge on any atom is 0.164 e. The van der Waals surface area contributed by atoms with E-state index in [0.717, 1.165) is 10.0 Å². The second-order valence-corrected chi connectivity index (χ2v) is 9.13. The van der Waals surface area contributed by atoms with E-state index in [4.69, 9.17) is 0 Å². The highest BCUT2D eigenvalue weighted by Gasteiger charge is 2.52. The van der Waals surface area contributed by atoms with Crippen molar-refractivity contribution in [1.29, 1.82) is 0 Å². The number of carbonyl (C=O) groups is 3. The Morgan fingerprint density at radius 3 is 2.04 bits per heavy atom. The minimum Gasteiger partial charge on any atom is -0.299 e. The van der Waals surface area contributed by atoms with Gasteiger partial charge in [-0.2, -0.15) is 0 Å². The molecule has 0 radical (unpaired) electrons. The van der Waals surface area contributed by atoms with Crippen LogP contribution < -0.4 is 0 Å². The lowest BCUT2D eigenvalue weighted by molar-refractivity contribution is -0.148. The van der Waals surface area contributed by atoms with Crippen LogP contribution in [-0.4, -0.2) is 17.3 Å². The molecule has 0 amide bonds. The highest BCUT2D eigenvalue weighted by molar-refractivity contribution is 9.10. The highest BCUT2D eigenvalue weighted by Crippen LogP contribution is 2.44. The lowest BCUT2D eigenvalue weighted by Gasteiger charge is -2.40. The summed E-state index contributed by atoms with van der Waals surface area (Å²) < 4.78 is 0.879. The fourth-order valence-electron chi connectivity index (χ4n) is 3.84. The second kappa shape index (κ2) is 7.51. The molecule has 1 aliphatic rings. The molecule has 0 aliphatic heterocycles. The van der Waals surface area contributed by atoms with Crippen LogP contribution in [0.15, 0.2) is 59.1 Å². The Morgan fingerprint density at radius 2 is 1.48 bits per heavy atom. The number of hydrogen-bond donors (Lipinski definition) is 0. The summed E-state index contributed by atoms with van der Waals surface area (Å²) in [5.74, 6) is -0.393. The topological polar surface area (TPSA) is 51.2 Å². The van der Waals surface area contributed by atoms with Gasteiger partial charge in [0.2, 0.25) is 0 Å². The van der Waals surface area contributed by atoms with Gasteiger partial charge in [0.05, 0.1) is 5.41 Å². The molecule has 0 atom stereocenters. The van der Waals surface area contributed by atoms with E-state index in [-0.39, 0.29) is 35.6 Å². The van der Waals surface area contributed by atoms with Crippen LogP contribution in [0.1, 0.15) is 49.0 Å². The van der Waals surface area contributed by atoms with E-state index in [0.29, 0.717) is 18.4 Å². The first-order valence-electron chi connectivity index (χ1n) is 9.11. The van der Waals surface area contributed by atoms with Gasteiger partial charge in [-0.25, -0.2) is 0 Å². The Morgan fingerprint density at radius 1 is 0.926 bits per heavy atom. The first-order chi connectivity index (χ1) is 12.7. The number of hydrogen-bond acceptors (Lipinski definition) is 3. The number of ketones is 3. The van der Waals surface area contributed by atoms with Crippen LogP contribution in [0, 0.1) is 10.8 Å². The molecule has 1 fully saturated rings. The maximum atomic E-state index is 13.2. The lowest BCUT2D eigenvalue weighted by atomic mass is 9.59. The molecular formula is C23H23BrO3. The largest absolute Gasteiger partial charge is 0.299 e. The summed E-state index contributed by atoms with van der Waals surface area (Å²) in [6, 6.07) is 16.5. The van der Waals surface area contributed by atoms with Crippen molar-refractivity contribution in [3.05, 3.63) is 70.2 Å². The van der Waals surface area contributed by atoms with Crippen molar-refractivity contribution in [1.82, 2.24) is 0 Å². The third kappa shape index (κ3) is 4.27. The van der Waals surface area contributed by atoms with E-state index in [9.17, 15) is 14.4 Å². The zero-order chi connectivity index (χ0) is 19.7. The molecule has 4 heteroatoms. The lowest BCUT2D eigenvalue weighted by Crippen LogP contribution is -2.50. The van der Waals surface area contributed by atoms with Gasteiger partial charge in [-0.3, -0.25) is 14.4 Å². The van der Waals surface area contributed by atoms with Crippen LogP contribution in [0.5, 0.6) is 0 Å². The number of carbonyl (C=O) groups excluding carboxylic acids is 3. The van der Waals surface area contributed by atoms with Crippen molar-refractivity contribution in [3.63, 3.8) is 0 Å². The molecule has 3 nitrogen and oxygen atoms in total. The SMILES string of the molecule is CC1(C)CC(=O)C(CC(=O)c2ccc(Br)cc2)(Cc2ccccc2)C(=O)C1. The minimum absolute atomic E-state index is 0.0721. The fraction of sp³-hybridized carbons (Fsp3) is 0.348. The van der Waals surface area contributed by atoms with Gasteiger partial charge < -0.3 is 0 Å². The third-order valence-corrected chi connectivity index (χ3v) is 5.85. The van der Waals surface area contributed by atoms with Gasteiger partial charge in [0.25, 0.3) is 0 Å². The van der Waals surface area contributed by atoms with Crippen molar-refractivity contribution >= 4 is 33.3 Å². The van der Waals surface area contributed by atoms with E-state index in [2.05, 4.69) is 15.9 Å². The Bertz CT molecular complexity index is 846. The van der Waals surface area contributed by atoms with Crippen molar-refractivity contribution < 1.29 is 14.4 Å². The van der Waals surface area contributed by atoms with Crippen LogP contribution in [-0.2, 0) is 16.0 Å². The predicted octanol–water partition coefficient (Wildman–Crippen LogP) is 5.21. The zero-order valence-corrected chi connectivity index (χ0v) is 17.2. The smallest absolute Gasteiger partial charge is 0.164 e. The summed E-state index contributed by atoms with van der Waals surface area (Å²) >= 11 is 3.36. The molecule has 0 spiro atoms. The molecule has 2 aromatic carbocycles. The molecule has 0 unspecified atom stereocenters. The van der Waals surface area contributed by atoms with Crippen molar-refractivity contribution in [2.24, 2.45) is 10.8 Å². The molecule has 27 heavy (non-hydrogen) atoms. The van der Waals surface area contributed by atoms with Crippen LogP contribution in [0.25, 0.3) is 0 Å². The fourth-order valence-corrected chi connectivity index (χ4v) is 4.10. The number of halogens is 1. The van der Waals surface area contributed by atoms with Crippen molar-refractivity contribution in [2.75, 3.05) is 0 Å². The average molecular weight is 427 g/mol. The van der Waals surface area contributed by atoms with Crippen LogP contribution >= 0.6 is 15.9 Å². The summed E-state index contributed by atoms with van der Waals surface area (Å²) in [6.07, 6.45) is 0.847. The summed E-state index contributed by atoms with van der Waals surface area (Å²) in [4.78, 5) is 39.3. The molecule has 0 saturated heterocycles. The van der Waals surface area contributed by atoms with Gasteiger partial charge in [0.1, 0.15) is 11.6 Å². The number of rotatable bonds is 5. The monoisotopic (exact) mass is 426 g/mol. The van der Waals surface area contributed by atoms with Crippen LogP contribution in [0.2, 0.25) is 0 Å². The highest BCUT2D eigenvalue weighted by atomic mass is 79.9. The van der Waals surface area contributed by atoms with Gasteiger partial charge in [0, 0.05) is 29.3 Å². The maximum absolute atomic E-state index is 13.2. The molecule has 0 bridgehead atoms. The normalized spacial score (nSPS) is 18.3. The molecule has 1 aliphatic carbocycles. The molecule has 140 valence electrons. The third-order valence-electron chi connectivity index (χ3n) is 5.32. The first-order valence-corrected chi connectivity index (χ1v) is 9.90. The Kier molecular flexibility index (Phi) is 5.48. The predicted molar refractivity (Wildman–Crippen MR) is 109 cm³/mol. The van der Waals surface area contributed by atoms with Gasteiger partial charge in [-0.1, -0.05) is 72.2 Å². The molecule has 0 aromatic heterocycles. The molecule has 3 rings (SSSR count). The van der Waals surface area contributed by atoms with Gasteiger partial charge in [-0.05, 0) is 29.5 Å². The standard InChI is InChI=1S/C23H23BrO3/c1-22(2)14-20(26)23(21(27)15-22,12-16-6-4-3-5-7-16)13-19(25)17-8-10-18(24)11-9-17/h3-11H,12-15H2,1-2H3. The molecule has 1 saturated carbocycles. The zero-order valence-electron chi connectivity index (χ0n) is 15.6. The summed E-state index contributed by atoms with van der Waals surface area (Å²) in [5.41, 5.74) is -0.186. The van der Waals surface area contributed by atoms with Crippen LogP contribution in [0.4, 0.5) is 0 Å². The molecular weight excluding hydrogens is 404 g/mol. The summed E-state index contributed by atoms with van der Waals surface area (Å²) in [5, 5.41) is 0. The number of Topliss-reactive ketones (excluding diaryl/α,β-unsaturated/α-hetero) is 3.